The van der Waals surface area contributed by atoms with Crippen LogP contribution in [-0.2, 0) is 29.0 Å². The van der Waals surface area contributed by atoms with Crippen molar-refractivity contribution >= 4 is 11.8 Å². The Morgan fingerprint density at radius 1 is 0.923 bits per heavy atom. The lowest BCUT2D eigenvalue weighted by Gasteiger charge is -2.22. The maximum atomic E-state index is 12.8. The van der Waals surface area contributed by atoms with Gasteiger partial charge < -0.3 is 10.6 Å². The van der Waals surface area contributed by atoms with E-state index >= 15 is 0 Å². The van der Waals surface area contributed by atoms with E-state index in [4.69, 9.17) is 5.73 Å². The first-order valence-electron chi connectivity index (χ1n) is 9.12. The van der Waals surface area contributed by atoms with Crippen molar-refractivity contribution in [1.82, 2.24) is 4.90 Å². The molecule has 0 saturated carbocycles. The lowest BCUT2D eigenvalue weighted by Crippen LogP contribution is -2.34. The number of primary amides is 1. The molecule has 4 heteroatoms. The third-order valence-electron chi connectivity index (χ3n) is 4.22. The van der Waals surface area contributed by atoms with Crippen molar-refractivity contribution in [1.29, 1.82) is 0 Å². The third-order valence-corrected chi connectivity index (χ3v) is 4.22. The number of nitrogens with two attached hydrogens (primary N) is 1. The Morgan fingerprint density at radius 2 is 1.54 bits per heavy atom. The van der Waals surface area contributed by atoms with Gasteiger partial charge in [-0.2, -0.15) is 0 Å². The average molecular weight is 352 g/mol. The van der Waals surface area contributed by atoms with Crippen LogP contribution in [0.4, 0.5) is 0 Å². The van der Waals surface area contributed by atoms with Gasteiger partial charge in [-0.15, -0.1) is 0 Å². The van der Waals surface area contributed by atoms with Crippen LogP contribution in [0.5, 0.6) is 0 Å². The van der Waals surface area contributed by atoms with E-state index < -0.39 is 5.91 Å². The van der Waals surface area contributed by atoms with Crippen LogP contribution >= 0.6 is 0 Å². The molecule has 0 unspecified atom stereocenters. The number of hydrogen-bond acceptors (Lipinski definition) is 2. The molecule has 0 aliphatic carbocycles. The second-order valence-electron chi connectivity index (χ2n) is 7.11. The molecule has 2 aromatic carbocycles. The van der Waals surface area contributed by atoms with Crippen LogP contribution < -0.4 is 5.73 Å². The fourth-order valence-corrected chi connectivity index (χ4v) is 2.89. The minimum Gasteiger partial charge on any atom is -0.370 e. The summed E-state index contributed by atoms with van der Waals surface area (Å²) in [6, 6.07) is 18.0. The largest absolute Gasteiger partial charge is 0.370 e. The van der Waals surface area contributed by atoms with E-state index in [0.717, 1.165) is 17.5 Å². The molecule has 0 aliphatic heterocycles. The van der Waals surface area contributed by atoms with Crippen LogP contribution in [0.1, 0.15) is 37.0 Å². The van der Waals surface area contributed by atoms with Crippen LogP contribution in [0.2, 0.25) is 0 Å². The van der Waals surface area contributed by atoms with Crippen molar-refractivity contribution in [2.24, 2.45) is 11.7 Å². The number of carbonyl (C=O) groups is 2. The summed E-state index contributed by atoms with van der Waals surface area (Å²) in [5.74, 6) is 0.221. The van der Waals surface area contributed by atoms with Gasteiger partial charge in [0.25, 0.3) is 0 Å². The predicted molar refractivity (Wildman–Crippen MR) is 104 cm³/mol. The Hall–Kier alpha value is -2.62. The Labute approximate surface area is 156 Å². The maximum absolute atomic E-state index is 12.8. The minimum absolute atomic E-state index is 0.00622. The summed E-state index contributed by atoms with van der Waals surface area (Å²) in [5, 5.41) is 0. The zero-order valence-corrected chi connectivity index (χ0v) is 15.7. The SMILES string of the molecule is CC(C)Cc1ccc(CC(=O)N(CCC(N)=O)Cc2ccccc2)cc1. The standard InChI is InChI=1S/C22H28N2O2/c1-17(2)14-18-8-10-19(11-9-18)15-22(26)24(13-12-21(23)25)16-20-6-4-3-5-7-20/h3-11,17H,12-16H2,1-2H3,(H2,23,25). The second-order valence-corrected chi connectivity index (χ2v) is 7.11. The summed E-state index contributed by atoms with van der Waals surface area (Å²) in [6.45, 7) is 5.21. The van der Waals surface area contributed by atoms with Crippen molar-refractivity contribution in [3.63, 3.8) is 0 Å². The first-order chi connectivity index (χ1) is 12.4. The average Bonchev–Trinajstić information content (AvgIpc) is 2.60. The van der Waals surface area contributed by atoms with Crippen LogP contribution in [0, 0.1) is 5.92 Å². The van der Waals surface area contributed by atoms with Crippen LogP contribution in [0.3, 0.4) is 0 Å². The Kier molecular flexibility index (Phi) is 7.39. The van der Waals surface area contributed by atoms with E-state index in [1.165, 1.54) is 5.56 Å². The lowest BCUT2D eigenvalue weighted by atomic mass is 10.0. The Balaban J connectivity index is 2.03. The molecular weight excluding hydrogens is 324 g/mol. The molecule has 0 atom stereocenters. The molecule has 0 aromatic heterocycles. The van der Waals surface area contributed by atoms with Crippen LogP contribution in [0.15, 0.2) is 54.6 Å². The summed E-state index contributed by atoms with van der Waals surface area (Å²) in [5.41, 5.74) is 8.57. The molecular formula is C22H28N2O2. The summed E-state index contributed by atoms with van der Waals surface area (Å²) in [4.78, 5) is 25.6. The molecule has 0 spiro atoms. The maximum Gasteiger partial charge on any atom is 0.227 e. The summed E-state index contributed by atoms with van der Waals surface area (Å²) in [7, 11) is 0. The van der Waals surface area contributed by atoms with Gasteiger partial charge in [-0.3, -0.25) is 9.59 Å². The molecule has 0 heterocycles. The zero-order chi connectivity index (χ0) is 18.9. The minimum atomic E-state index is -0.395. The van der Waals surface area contributed by atoms with Gasteiger partial charge in [0.05, 0.1) is 6.42 Å². The molecule has 2 N–H and O–H groups in total. The number of amides is 2. The highest BCUT2D eigenvalue weighted by Gasteiger charge is 2.15. The van der Waals surface area contributed by atoms with E-state index in [1.807, 2.05) is 42.5 Å². The van der Waals surface area contributed by atoms with Crippen molar-refractivity contribution < 1.29 is 9.59 Å². The van der Waals surface area contributed by atoms with Gasteiger partial charge in [0, 0.05) is 19.5 Å². The molecule has 138 valence electrons. The molecule has 0 radical (unpaired) electrons. The zero-order valence-electron chi connectivity index (χ0n) is 15.7. The molecule has 0 bridgehead atoms. The number of nitrogens with zero attached hydrogens (tertiary/aromatic N) is 1. The monoisotopic (exact) mass is 352 g/mol. The van der Waals surface area contributed by atoms with Gasteiger partial charge in [0.1, 0.15) is 0 Å². The normalized spacial score (nSPS) is 10.7. The molecule has 0 aliphatic rings. The molecule has 0 saturated heterocycles. The second kappa shape index (κ2) is 9.76. The fourth-order valence-electron chi connectivity index (χ4n) is 2.89. The highest BCUT2D eigenvalue weighted by molar-refractivity contribution is 5.80. The van der Waals surface area contributed by atoms with Crippen molar-refractivity contribution in [3.8, 4) is 0 Å². The van der Waals surface area contributed by atoms with Gasteiger partial charge in [-0.25, -0.2) is 0 Å². The number of hydrogen-bond donors (Lipinski definition) is 1. The predicted octanol–water partition coefficient (Wildman–Crippen LogP) is 3.33. The molecule has 2 rings (SSSR count). The van der Waals surface area contributed by atoms with E-state index in [2.05, 4.69) is 26.0 Å². The summed E-state index contributed by atoms with van der Waals surface area (Å²) in [6.07, 6.45) is 1.53. The molecule has 2 aromatic rings. The van der Waals surface area contributed by atoms with E-state index in [9.17, 15) is 9.59 Å². The quantitative estimate of drug-likeness (QED) is 0.752. The van der Waals surface area contributed by atoms with E-state index in [-0.39, 0.29) is 12.3 Å². The van der Waals surface area contributed by atoms with Crippen LogP contribution in [-0.4, -0.2) is 23.3 Å². The number of rotatable bonds is 9. The van der Waals surface area contributed by atoms with Gasteiger partial charge in [-0.05, 0) is 29.0 Å². The molecule has 26 heavy (non-hydrogen) atoms. The summed E-state index contributed by atoms with van der Waals surface area (Å²) >= 11 is 0. The smallest absolute Gasteiger partial charge is 0.227 e. The number of benzene rings is 2. The Morgan fingerprint density at radius 3 is 2.12 bits per heavy atom. The van der Waals surface area contributed by atoms with Crippen molar-refractivity contribution in [2.45, 2.75) is 39.7 Å². The van der Waals surface area contributed by atoms with Crippen LogP contribution in [0.25, 0.3) is 0 Å². The molecule has 2 amide bonds. The Bertz CT molecular complexity index is 709. The highest BCUT2D eigenvalue weighted by atomic mass is 16.2. The topological polar surface area (TPSA) is 63.4 Å². The van der Waals surface area contributed by atoms with Gasteiger partial charge in [-0.1, -0.05) is 68.4 Å². The lowest BCUT2D eigenvalue weighted by molar-refractivity contribution is -0.131. The highest BCUT2D eigenvalue weighted by Crippen LogP contribution is 2.12. The summed E-state index contributed by atoms with van der Waals surface area (Å²) < 4.78 is 0. The first-order valence-corrected chi connectivity index (χ1v) is 9.12. The van der Waals surface area contributed by atoms with Crippen molar-refractivity contribution in [2.75, 3.05) is 6.54 Å². The van der Waals surface area contributed by atoms with E-state index in [0.29, 0.717) is 25.4 Å². The number of carbonyl (C=O) groups excluding carboxylic acids is 2. The van der Waals surface area contributed by atoms with Gasteiger partial charge >= 0.3 is 0 Å². The fraction of sp³-hybridized carbons (Fsp3) is 0.364. The van der Waals surface area contributed by atoms with Gasteiger partial charge in [0.2, 0.25) is 11.8 Å². The third kappa shape index (κ3) is 6.71. The first kappa shape index (κ1) is 19.7. The van der Waals surface area contributed by atoms with Crippen molar-refractivity contribution in [3.05, 3.63) is 71.3 Å². The molecule has 4 nitrogen and oxygen atoms in total. The molecule has 0 fully saturated rings. The van der Waals surface area contributed by atoms with Gasteiger partial charge in [0.15, 0.2) is 0 Å². The van der Waals surface area contributed by atoms with E-state index in [1.54, 1.807) is 4.90 Å².